The average Bonchev–Trinajstić information content (AvgIpc) is 3.17. The summed E-state index contributed by atoms with van der Waals surface area (Å²) in [6.07, 6.45) is -12.9. The van der Waals surface area contributed by atoms with Crippen LogP contribution < -0.4 is 5.32 Å². The van der Waals surface area contributed by atoms with Crippen LogP contribution in [0.1, 0.15) is 29.8 Å². The molecule has 180 valence electrons. The van der Waals surface area contributed by atoms with Gasteiger partial charge in [0.05, 0.1) is 10.6 Å². The standard InChI is InChI=1S/C20H16F8N2O2S/c21-11-2-1-3-12(10-11)33(31,32)17-8-9-29-15(17)7-5-14-13(17)4-6-16(30-14)18(22,19(23,24)25)20(26,27)28/h1-4,6,10,15,29H,5,7-9H2/t15-,17-/m1/s1. The van der Waals surface area contributed by atoms with Crippen LogP contribution in [0.3, 0.4) is 0 Å². The molecule has 13 heteroatoms. The van der Waals surface area contributed by atoms with Gasteiger partial charge in [0.15, 0.2) is 9.84 Å². The van der Waals surface area contributed by atoms with E-state index in [4.69, 9.17) is 0 Å². The third-order valence-corrected chi connectivity index (χ3v) is 8.81. The smallest absolute Gasteiger partial charge is 0.312 e. The number of aryl methyl sites for hydroxylation is 1. The van der Waals surface area contributed by atoms with Crippen LogP contribution in [-0.2, 0) is 26.7 Å². The predicted octanol–water partition coefficient (Wildman–Crippen LogP) is 4.49. The number of hydrogen-bond donors (Lipinski definition) is 1. The second-order valence-electron chi connectivity index (χ2n) is 7.99. The van der Waals surface area contributed by atoms with Gasteiger partial charge in [-0.25, -0.2) is 17.2 Å². The fraction of sp³-hybridized carbons (Fsp3) is 0.450. The molecule has 2 aromatic rings. The van der Waals surface area contributed by atoms with Crippen molar-refractivity contribution in [2.45, 2.75) is 53.0 Å². The molecular formula is C20H16F8N2O2S. The highest BCUT2D eigenvalue weighted by Gasteiger charge is 2.74. The van der Waals surface area contributed by atoms with E-state index in [-0.39, 0.29) is 43.1 Å². The number of rotatable bonds is 3. The summed E-state index contributed by atoms with van der Waals surface area (Å²) >= 11 is 0. The molecule has 4 rings (SSSR count). The minimum atomic E-state index is -6.34. The molecule has 0 amide bonds. The van der Waals surface area contributed by atoms with Gasteiger partial charge in [0.1, 0.15) is 10.6 Å². The van der Waals surface area contributed by atoms with Gasteiger partial charge in [-0.05, 0) is 55.6 Å². The summed E-state index contributed by atoms with van der Waals surface area (Å²) in [7, 11) is -4.38. The molecule has 1 N–H and O–H groups in total. The normalized spacial score (nSPS) is 23.8. The lowest BCUT2D eigenvalue weighted by Gasteiger charge is -2.40. The van der Waals surface area contributed by atoms with Gasteiger partial charge in [0, 0.05) is 11.7 Å². The van der Waals surface area contributed by atoms with Crippen LogP contribution in [0, 0.1) is 5.82 Å². The molecule has 0 spiro atoms. The second kappa shape index (κ2) is 7.36. The van der Waals surface area contributed by atoms with Crippen LogP contribution in [0.25, 0.3) is 0 Å². The predicted molar refractivity (Wildman–Crippen MR) is 99.1 cm³/mol. The van der Waals surface area contributed by atoms with Crippen LogP contribution in [0.15, 0.2) is 41.3 Å². The number of aromatic nitrogens is 1. The van der Waals surface area contributed by atoms with Gasteiger partial charge in [-0.2, -0.15) is 26.3 Å². The lowest BCUT2D eigenvalue weighted by Crippen LogP contribution is -2.52. The van der Waals surface area contributed by atoms with Crippen molar-refractivity contribution in [1.29, 1.82) is 0 Å². The number of sulfone groups is 1. The summed E-state index contributed by atoms with van der Waals surface area (Å²) in [5, 5.41) is 2.99. The number of hydrogen-bond acceptors (Lipinski definition) is 4. The van der Waals surface area contributed by atoms with E-state index in [1.54, 1.807) is 0 Å². The number of fused-ring (bicyclic) bond motifs is 3. The van der Waals surface area contributed by atoms with Crippen LogP contribution in [0.2, 0.25) is 0 Å². The number of nitrogens with zero attached hydrogens (tertiary/aromatic N) is 1. The number of halogens is 8. The molecule has 1 aromatic heterocycles. The maximum absolute atomic E-state index is 14.5. The molecule has 2 heterocycles. The molecular weight excluding hydrogens is 484 g/mol. The highest BCUT2D eigenvalue weighted by Crippen LogP contribution is 2.54. The van der Waals surface area contributed by atoms with Crippen molar-refractivity contribution in [1.82, 2.24) is 10.3 Å². The first-order valence-electron chi connectivity index (χ1n) is 9.73. The fourth-order valence-electron chi connectivity index (χ4n) is 4.74. The third kappa shape index (κ3) is 3.26. The van der Waals surface area contributed by atoms with Gasteiger partial charge in [-0.15, -0.1) is 0 Å². The summed E-state index contributed by atoms with van der Waals surface area (Å²) in [6.45, 7) is 0.179. The molecule has 1 fully saturated rings. The molecule has 2 aliphatic rings. The quantitative estimate of drug-likeness (QED) is 0.632. The molecule has 1 saturated heterocycles. The average molecular weight is 500 g/mol. The van der Waals surface area contributed by atoms with Crippen LogP contribution >= 0.6 is 0 Å². The maximum atomic E-state index is 14.5. The molecule has 0 radical (unpaired) electrons. The Labute approximate surface area is 182 Å². The van der Waals surface area contributed by atoms with E-state index in [0.29, 0.717) is 0 Å². The van der Waals surface area contributed by atoms with Gasteiger partial charge in [-0.3, -0.25) is 4.98 Å². The number of alkyl halides is 7. The summed E-state index contributed by atoms with van der Waals surface area (Å²) in [5.41, 5.74) is -8.13. The molecule has 0 bridgehead atoms. The Morgan fingerprint density at radius 1 is 1.00 bits per heavy atom. The highest BCUT2D eigenvalue weighted by atomic mass is 32.2. The lowest BCUT2D eigenvalue weighted by molar-refractivity contribution is -0.350. The maximum Gasteiger partial charge on any atom is 0.437 e. The van der Waals surface area contributed by atoms with Crippen molar-refractivity contribution in [2.24, 2.45) is 0 Å². The van der Waals surface area contributed by atoms with E-state index in [1.807, 2.05) is 0 Å². The molecule has 0 saturated carbocycles. The van der Waals surface area contributed by atoms with Gasteiger partial charge >= 0.3 is 18.0 Å². The Morgan fingerprint density at radius 2 is 1.67 bits per heavy atom. The third-order valence-electron chi connectivity index (χ3n) is 6.27. The monoisotopic (exact) mass is 500 g/mol. The minimum Gasteiger partial charge on any atom is -0.312 e. The number of benzene rings is 1. The Morgan fingerprint density at radius 3 is 2.27 bits per heavy atom. The highest BCUT2D eigenvalue weighted by molar-refractivity contribution is 7.92. The van der Waals surface area contributed by atoms with Crippen molar-refractivity contribution in [2.75, 3.05) is 6.54 Å². The molecule has 2 atom stereocenters. The summed E-state index contributed by atoms with van der Waals surface area (Å²) in [5.74, 6) is -0.836. The molecule has 0 unspecified atom stereocenters. The van der Waals surface area contributed by atoms with E-state index >= 15 is 0 Å². The zero-order chi connectivity index (χ0) is 24.4. The van der Waals surface area contributed by atoms with Gasteiger partial charge < -0.3 is 5.32 Å². The first kappa shape index (κ1) is 23.9. The zero-order valence-corrected chi connectivity index (χ0v) is 17.4. The summed E-state index contributed by atoms with van der Waals surface area (Å²) in [6, 6.07) is 4.38. The van der Waals surface area contributed by atoms with E-state index in [9.17, 15) is 43.5 Å². The van der Waals surface area contributed by atoms with Gasteiger partial charge in [-0.1, -0.05) is 12.1 Å². The van der Waals surface area contributed by atoms with Crippen LogP contribution in [0.4, 0.5) is 35.1 Å². The minimum absolute atomic E-state index is 0.00925. The van der Waals surface area contributed by atoms with E-state index in [2.05, 4.69) is 10.3 Å². The zero-order valence-electron chi connectivity index (χ0n) is 16.6. The van der Waals surface area contributed by atoms with E-state index in [1.165, 1.54) is 6.07 Å². The van der Waals surface area contributed by atoms with Gasteiger partial charge in [0.25, 0.3) is 0 Å². The first-order valence-corrected chi connectivity index (χ1v) is 11.2. The first-order chi connectivity index (χ1) is 15.2. The molecule has 4 nitrogen and oxygen atoms in total. The Bertz CT molecular complexity index is 1180. The summed E-state index contributed by atoms with van der Waals surface area (Å²) < 4.78 is 133. The SMILES string of the molecule is O=S(=O)(c1cccc(F)c1)[C@@]12CCN[C@@H]1CCc1nc(C(F)(C(F)(F)F)C(F)(F)F)ccc12. The fourth-order valence-corrected chi connectivity index (χ4v) is 7.11. The number of pyridine rings is 1. The van der Waals surface area contributed by atoms with Crippen molar-refractivity contribution < 1.29 is 43.5 Å². The Hall–Kier alpha value is -2.28. The summed E-state index contributed by atoms with van der Waals surface area (Å²) in [4.78, 5) is 2.98. The van der Waals surface area contributed by atoms with Crippen LogP contribution in [0.5, 0.6) is 0 Å². The molecule has 1 aliphatic heterocycles. The Kier molecular flexibility index (Phi) is 5.32. The molecule has 1 aromatic carbocycles. The molecule has 33 heavy (non-hydrogen) atoms. The molecule has 1 aliphatic carbocycles. The van der Waals surface area contributed by atoms with Crippen molar-refractivity contribution in [3.05, 3.63) is 59.2 Å². The van der Waals surface area contributed by atoms with Crippen molar-refractivity contribution >= 4 is 9.84 Å². The van der Waals surface area contributed by atoms with Crippen molar-refractivity contribution in [3.8, 4) is 0 Å². The van der Waals surface area contributed by atoms with Crippen molar-refractivity contribution in [3.63, 3.8) is 0 Å². The topological polar surface area (TPSA) is 59.1 Å². The largest absolute Gasteiger partial charge is 0.437 e. The Balaban J connectivity index is 1.93. The van der Waals surface area contributed by atoms with Gasteiger partial charge in [0.2, 0.25) is 0 Å². The number of nitrogens with one attached hydrogen (secondary N) is 1. The van der Waals surface area contributed by atoms with Crippen LogP contribution in [-0.4, -0.2) is 38.3 Å². The van der Waals surface area contributed by atoms with E-state index in [0.717, 1.165) is 24.3 Å². The lowest BCUT2D eigenvalue weighted by atomic mass is 9.80. The second-order valence-corrected chi connectivity index (χ2v) is 10.2. The van der Waals surface area contributed by atoms with E-state index < -0.39 is 55.1 Å².